The van der Waals surface area contributed by atoms with Crippen molar-refractivity contribution in [2.24, 2.45) is 0 Å². The molecule has 0 saturated heterocycles. The van der Waals surface area contributed by atoms with Gasteiger partial charge < -0.3 is 9.32 Å². The number of fused-ring (bicyclic) bond motifs is 9. The van der Waals surface area contributed by atoms with Crippen molar-refractivity contribution in [2.75, 3.05) is 4.90 Å². The summed E-state index contributed by atoms with van der Waals surface area (Å²) in [6.45, 7) is 4.67. The van der Waals surface area contributed by atoms with E-state index < -0.39 is 0 Å². The largest absolute Gasteiger partial charge is 0.454 e. The number of benzene rings is 7. The number of anilines is 3. The lowest BCUT2D eigenvalue weighted by Crippen LogP contribution is -2.31. The first-order valence-corrected chi connectivity index (χ1v) is 19.2. The van der Waals surface area contributed by atoms with Crippen LogP contribution in [0, 0.1) is 0 Å². The summed E-state index contributed by atoms with van der Waals surface area (Å²) in [5, 5.41) is 4.68. The number of furan rings is 1. The molecule has 0 radical (unpaired) electrons. The Labute approximate surface area is 329 Å². The molecule has 0 spiro atoms. The molecule has 10 aromatic rings. The summed E-state index contributed by atoms with van der Waals surface area (Å²) in [4.78, 5) is 21.9. The zero-order valence-corrected chi connectivity index (χ0v) is 31.4. The molecule has 0 N–H and O–H groups in total. The highest BCUT2D eigenvalue weighted by molar-refractivity contribution is 6.25. The minimum Gasteiger partial charge on any atom is -0.454 e. The van der Waals surface area contributed by atoms with E-state index in [-0.39, 0.29) is 5.41 Å². The Kier molecular flexibility index (Phi) is 7.41. The van der Waals surface area contributed by atoms with Crippen LogP contribution < -0.4 is 4.90 Å². The highest BCUT2D eigenvalue weighted by Crippen LogP contribution is 2.57. The summed E-state index contributed by atoms with van der Waals surface area (Å²) < 4.78 is 6.89. The third-order valence-electron chi connectivity index (χ3n) is 11.3. The van der Waals surface area contributed by atoms with Gasteiger partial charge in [-0.15, -0.1) is 0 Å². The maximum atomic E-state index is 6.89. The molecule has 4 heterocycles. The van der Waals surface area contributed by atoms with Crippen LogP contribution >= 0.6 is 0 Å². The third-order valence-corrected chi connectivity index (χ3v) is 11.3. The summed E-state index contributed by atoms with van der Waals surface area (Å²) in [6, 6.07) is 56.9. The van der Waals surface area contributed by atoms with Crippen LogP contribution in [0.15, 0.2) is 181 Å². The number of rotatable bonds is 5. The highest BCUT2D eigenvalue weighted by Gasteiger charge is 2.41. The first-order chi connectivity index (χ1) is 28.0. The Hall–Kier alpha value is -7.44. The fraction of sp³-hybridized carbons (Fsp3) is 0.0588. The number of hydrogen-bond acceptors (Lipinski definition) is 6. The first-order valence-electron chi connectivity index (χ1n) is 19.2. The van der Waals surface area contributed by atoms with Crippen LogP contribution in [0.3, 0.4) is 0 Å². The van der Waals surface area contributed by atoms with Crippen molar-refractivity contribution in [1.82, 2.24) is 19.9 Å². The molecule has 3 aromatic heterocycles. The molecule has 11 rings (SSSR count). The minimum absolute atomic E-state index is 0.307. The second kappa shape index (κ2) is 12.8. The van der Waals surface area contributed by atoms with Crippen molar-refractivity contribution in [3.63, 3.8) is 0 Å². The van der Waals surface area contributed by atoms with Gasteiger partial charge in [0, 0.05) is 56.5 Å². The van der Waals surface area contributed by atoms with E-state index in [1.165, 1.54) is 21.9 Å². The van der Waals surface area contributed by atoms with Crippen molar-refractivity contribution in [3.05, 3.63) is 187 Å². The Morgan fingerprint density at radius 2 is 1.12 bits per heavy atom. The van der Waals surface area contributed by atoms with Gasteiger partial charge in [-0.25, -0.2) is 15.0 Å². The summed E-state index contributed by atoms with van der Waals surface area (Å²) in [7, 11) is 0. The van der Waals surface area contributed by atoms with Gasteiger partial charge in [-0.1, -0.05) is 129 Å². The monoisotopic (exact) mass is 733 g/mol. The predicted molar refractivity (Wildman–Crippen MR) is 231 cm³/mol. The summed E-state index contributed by atoms with van der Waals surface area (Å²) in [6.07, 6.45) is 3.66. The quantitative estimate of drug-likeness (QED) is 0.175. The molecule has 6 heteroatoms. The van der Waals surface area contributed by atoms with Crippen molar-refractivity contribution >= 4 is 49.8 Å². The zero-order chi connectivity index (χ0) is 38.1. The molecule has 270 valence electrons. The number of nitrogens with zero attached hydrogens (tertiary/aromatic N) is 5. The molecule has 0 bridgehead atoms. The number of aromatic nitrogens is 4. The van der Waals surface area contributed by atoms with Crippen molar-refractivity contribution in [1.29, 1.82) is 0 Å². The normalized spacial score (nSPS) is 13.2. The third kappa shape index (κ3) is 5.25. The van der Waals surface area contributed by atoms with E-state index >= 15 is 0 Å². The molecule has 0 fully saturated rings. The fourth-order valence-corrected chi connectivity index (χ4v) is 8.69. The first kappa shape index (κ1) is 32.9. The molecule has 6 nitrogen and oxygen atoms in total. The van der Waals surface area contributed by atoms with Crippen molar-refractivity contribution in [2.45, 2.75) is 19.3 Å². The van der Waals surface area contributed by atoms with Gasteiger partial charge >= 0.3 is 0 Å². The molecule has 0 amide bonds. The topological polar surface area (TPSA) is 67.9 Å². The summed E-state index contributed by atoms with van der Waals surface area (Å²) in [5.74, 6) is 1.82. The SMILES string of the molecule is CC1(C)c2ccccc2N(c2ccc(-c3nc(-c4ccccc4)nc(-c4cccc(-c5cccnc5)c4)n3)cc2)c2c1c1ccccc1c1c2oc2ccccc21. The van der Waals surface area contributed by atoms with Crippen LogP contribution in [0.5, 0.6) is 0 Å². The van der Waals surface area contributed by atoms with Gasteiger partial charge in [0.05, 0.1) is 11.4 Å². The van der Waals surface area contributed by atoms with Crippen LogP contribution in [-0.2, 0) is 5.41 Å². The lowest BCUT2D eigenvalue weighted by Gasteiger charge is -2.42. The molecular weight excluding hydrogens is 699 g/mol. The Morgan fingerprint density at radius 1 is 0.509 bits per heavy atom. The molecule has 0 saturated carbocycles. The predicted octanol–water partition coefficient (Wildman–Crippen LogP) is 13.1. The maximum Gasteiger partial charge on any atom is 0.164 e. The molecule has 0 aliphatic carbocycles. The zero-order valence-electron chi connectivity index (χ0n) is 31.4. The van der Waals surface area contributed by atoms with Gasteiger partial charge in [-0.3, -0.25) is 4.98 Å². The standard InChI is InChI=1S/C51H35N5O/c1-51(2)41-22-9-10-23-42(41)56(46-45(51)39-20-7-6-19-38(39)44-40-21-8-11-24-43(40)57-47(44)46)37-27-25-33(26-28-37)49-53-48(32-14-4-3-5-15-32)54-50(55-49)35-17-12-16-34(30-35)36-18-13-29-52-31-36/h3-31H,1-2H3. The Balaban J connectivity index is 1.10. The van der Waals surface area contributed by atoms with Crippen LogP contribution in [-0.4, -0.2) is 19.9 Å². The van der Waals surface area contributed by atoms with E-state index in [4.69, 9.17) is 19.4 Å². The molecule has 1 aliphatic rings. The summed E-state index contributed by atoms with van der Waals surface area (Å²) >= 11 is 0. The fourth-order valence-electron chi connectivity index (χ4n) is 8.69. The Morgan fingerprint density at radius 3 is 1.89 bits per heavy atom. The van der Waals surface area contributed by atoms with Crippen molar-refractivity contribution < 1.29 is 4.42 Å². The van der Waals surface area contributed by atoms with Gasteiger partial charge in [0.1, 0.15) is 5.58 Å². The van der Waals surface area contributed by atoms with Crippen LogP contribution in [0.4, 0.5) is 17.1 Å². The maximum absolute atomic E-state index is 6.89. The lowest BCUT2D eigenvalue weighted by molar-refractivity contribution is 0.629. The van der Waals surface area contributed by atoms with Gasteiger partial charge in [0.15, 0.2) is 23.1 Å². The molecular formula is C51H35N5O. The molecule has 57 heavy (non-hydrogen) atoms. The van der Waals surface area contributed by atoms with E-state index in [2.05, 4.69) is 133 Å². The van der Waals surface area contributed by atoms with Crippen molar-refractivity contribution in [3.8, 4) is 45.3 Å². The average Bonchev–Trinajstić information content (AvgIpc) is 3.67. The van der Waals surface area contributed by atoms with Crippen LogP contribution in [0.25, 0.3) is 78.0 Å². The second-order valence-electron chi connectivity index (χ2n) is 15.1. The molecule has 0 atom stereocenters. The lowest BCUT2D eigenvalue weighted by atomic mass is 9.71. The number of hydrogen-bond donors (Lipinski definition) is 0. The smallest absolute Gasteiger partial charge is 0.164 e. The van der Waals surface area contributed by atoms with Gasteiger partial charge in [0.2, 0.25) is 0 Å². The second-order valence-corrected chi connectivity index (χ2v) is 15.1. The van der Waals surface area contributed by atoms with Gasteiger partial charge in [0.25, 0.3) is 0 Å². The van der Waals surface area contributed by atoms with E-state index in [0.717, 1.165) is 66.8 Å². The van der Waals surface area contributed by atoms with E-state index in [9.17, 15) is 0 Å². The summed E-state index contributed by atoms with van der Waals surface area (Å²) in [5.41, 5.74) is 12.0. The molecule has 0 unspecified atom stereocenters. The van der Waals surface area contributed by atoms with Crippen LogP contribution in [0.2, 0.25) is 0 Å². The van der Waals surface area contributed by atoms with Crippen LogP contribution in [0.1, 0.15) is 25.0 Å². The van der Waals surface area contributed by atoms with E-state index in [0.29, 0.717) is 17.5 Å². The van der Waals surface area contributed by atoms with E-state index in [1.54, 1.807) is 6.20 Å². The molecule has 7 aromatic carbocycles. The Bertz CT molecular complexity index is 3150. The average molecular weight is 734 g/mol. The highest BCUT2D eigenvalue weighted by atomic mass is 16.3. The van der Waals surface area contributed by atoms with Gasteiger partial charge in [-0.05, 0) is 76.0 Å². The van der Waals surface area contributed by atoms with Gasteiger partial charge in [-0.2, -0.15) is 0 Å². The minimum atomic E-state index is -0.307. The number of pyridine rings is 1. The van der Waals surface area contributed by atoms with E-state index in [1.807, 2.05) is 60.8 Å². The number of para-hydroxylation sites is 2. The molecule has 1 aliphatic heterocycles.